The number of amides is 2. The second kappa shape index (κ2) is 7.20. The largest absolute Gasteiger partial charge is 0.480 e. The average molecular weight is 257 g/mol. The standard InChI is InChI=1S/C12H23N3O3/c1-3-4-5-10(11(16)17)14-12(18)13-9-6-7-15(2)8-9/h9-10H,3-8H2,1-2H3,(H,16,17)(H2,13,14,18). The number of hydrogen-bond donors (Lipinski definition) is 3. The summed E-state index contributed by atoms with van der Waals surface area (Å²) in [5.74, 6) is -0.970. The number of aliphatic carboxylic acids is 1. The molecule has 1 rings (SSSR count). The molecule has 1 saturated heterocycles. The number of urea groups is 1. The van der Waals surface area contributed by atoms with Gasteiger partial charge in [0.25, 0.3) is 0 Å². The quantitative estimate of drug-likeness (QED) is 0.652. The maximum absolute atomic E-state index is 11.7. The van der Waals surface area contributed by atoms with Crippen molar-refractivity contribution in [3.8, 4) is 0 Å². The smallest absolute Gasteiger partial charge is 0.326 e. The topological polar surface area (TPSA) is 81.7 Å². The summed E-state index contributed by atoms with van der Waals surface area (Å²) in [5, 5.41) is 14.3. The molecule has 6 heteroatoms. The summed E-state index contributed by atoms with van der Waals surface area (Å²) in [6.07, 6.45) is 3.10. The molecule has 104 valence electrons. The predicted octanol–water partition coefficient (Wildman–Crippen LogP) is 0.633. The van der Waals surface area contributed by atoms with Crippen LogP contribution in [0.25, 0.3) is 0 Å². The molecule has 0 aromatic rings. The van der Waals surface area contributed by atoms with Crippen LogP contribution in [-0.4, -0.2) is 54.2 Å². The lowest BCUT2D eigenvalue weighted by atomic mass is 10.1. The van der Waals surface area contributed by atoms with Gasteiger partial charge in [-0.15, -0.1) is 0 Å². The number of nitrogens with zero attached hydrogens (tertiary/aromatic N) is 1. The zero-order valence-corrected chi connectivity index (χ0v) is 11.1. The Morgan fingerprint density at radius 3 is 2.72 bits per heavy atom. The molecule has 2 unspecified atom stereocenters. The molecule has 0 saturated carbocycles. The third-order valence-corrected chi connectivity index (χ3v) is 3.18. The second-order valence-electron chi connectivity index (χ2n) is 4.90. The monoisotopic (exact) mass is 257 g/mol. The molecule has 6 nitrogen and oxygen atoms in total. The van der Waals surface area contributed by atoms with Gasteiger partial charge in [0, 0.05) is 12.6 Å². The first-order valence-corrected chi connectivity index (χ1v) is 6.51. The van der Waals surface area contributed by atoms with Gasteiger partial charge in [0.1, 0.15) is 6.04 Å². The molecular formula is C12H23N3O3. The van der Waals surface area contributed by atoms with Crippen molar-refractivity contribution in [2.24, 2.45) is 0 Å². The second-order valence-corrected chi connectivity index (χ2v) is 4.90. The predicted molar refractivity (Wildman–Crippen MR) is 68.5 cm³/mol. The van der Waals surface area contributed by atoms with E-state index >= 15 is 0 Å². The fraction of sp³-hybridized carbons (Fsp3) is 0.833. The average Bonchev–Trinajstić information content (AvgIpc) is 2.69. The first-order chi connectivity index (χ1) is 8.52. The van der Waals surface area contributed by atoms with Crippen LogP contribution in [0.1, 0.15) is 32.6 Å². The first-order valence-electron chi connectivity index (χ1n) is 6.51. The van der Waals surface area contributed by atoms with E-state index in [0.29, 0.717) is 6.42 Å². The third-order valence-electron chi connectivity index (χ3n) is 3.18. The third kappa shape index (κ3) is 4.91. The molecule has 1 heterocycles. The molecule has 0 bridgehead atoms. The van der Waals surface area contributed by atoms with Crippen molar-refractivity contribution < 1.29 is 14.7 Å². The number of nitrogens with one attached hydrogen (secondary N) is 2. The lowest BCUT2D eigenvalue weighted by Gasteiger charge is -2.17. The van der Waals surface area contributed by atoms with E-state index in [2.05, 4.69) is 15.5 Å². The number of carbonyl (C=O) groups excluding carboxylic acids is 1. The van der Waals surface area contributed by atoms with Crippen LogP contribution in [0.3, 0.4) is 0 Å². The van der Waals surface area contributed by atoms with Gasteiger partial charge >= 0.3 is 12.0 Å². The number of likely N-dealkylation sites (N-methyl/N-ethyl adjacent to an activating group) is 1. The highest BCUT2D eigenvalue weighted by Crippen LogP contribution is 2.06. The molecular weight excluding hydrogens is 234 g/mol. The Hall–Kier alpha value is -1.30. The lowest BCUT2D eigenvalue weighted by Crippen LogP contribution is -2.49. The molecule has 18 heavy (non-hydrogen) atoms. The van der Waals surface area contributed by atoms with Gasteiger partial charge in [-0.3, -0.25) is 0 Å². The minimum atomic E-state index is -0.970. The SMILES string of the molecule is CCCCC(NC(=O)NC1CCN(C)C1)C(=O)O. The number of carboxylic acid groups (broad SMARTS) is 1. The molecule has 2 atom stereocenters. The minimum absolute atomic E-state index is 0.121. The summed E-state index contributed by atoms with van der Waals surface area (Å²) in [4.78, 5) is 24.8. The summed E-state index contributed by atoms with van der Waals surface area (Å²) in [6.45, 7) is 3.77. The van der Waals surface area contributed by atoms with Crippen molar-refractivity contribution in [3.63, 3.8) is 0 Å². The summed E-state index contributed by atoms with van der Waals surface area (Å²) < 4.78 is 0. The number of carbonyl (C=O) groups is 2. The zero-order chi connectivity index (χ0) is 13.5. The number of rotatable bonds is 6. The van der Waals surface area contributed by atoms with Crippen LogP contribution >= 0.6 is 0 Å². The summed E-state index contributed by atoms with van der Waals surface area (Å²) in [6, 6.07) is -1.04. The molecule has 0 spiro atoms. The van der Waals surface area contributed by atoms with Gasteiger partial charge in [0.2, 0.25) is 0 Å². The van der Waals surface area contributed by atoms with E-state index in [9.17, 15) is 9.59 Å². The van der Waals surface area contributed by atoms with E-state index in [-0.39, 0.29) is 12.1 Å². The van der Waals surface area contributed by atoms with E-state index in [4.69, 9.17) is 5.11 Å². The highest BCUT2D eigenvalue weighted by molar-refractivity contribution is 5.82. The van der Waals surface area contributed by atoms with Gasteiger partial charge in [0.15, 0.2) is 0 Å². The molecule has 2 amide bonds. The maximum Gasteiger partial charge on any atom is 0.326 e. The fourth-order valence-electron chi connectivity index (χ4n) is 2.10. The Bertz CT molecular complexity index is 296. The molecule has 1 aliphatic rings. The van der Waals surface area contributed by atoms with Gasteiger partial charge < -0.3 is 20.6 Å². The molecule has 0 aliphatic carbocycles. The Morgan fingerprint density at radius 1 is 1.50 bits per heavy atom. The number of carboxylic acids is 1. The first kappa shape index (κ1) is 14.8. The number of hydrogen-bond acceptors (Lipinski definition) is 3. The van der Waals surface area contributed by atoms with E-state index in [1.807, 2.05) is 14.0 Å². The highest BCUT2D eigenvalue weighted by Gasteiger charge is 2.24. The van der Waals surface area contributed by atoms with Crippen molar-refractivity contribution in [2.75, 3.05) is 20.1 Å². The highest BCUT2D eigenvalue weighted by atomic mass is 16.4. The van der Waals surface area contributed by atoms with E-state index in [1.54, 1.807) is 0 Å². The summed E-state index contributed by atoms with van der Waals surface area (Å²) >= 11 is 0. The van der Waals surface area contributed by atoms with Gasteiger partial charge in [-0.05, 0) is 26.4 Å². The Labute approximate surface area is 108 Å². The maximum atomic E-state index is 11.7. The Kier molecular flexibility index (Phi) is 5.91. The lowest BCUT2D eigenvalue weighted by molar-refractivity contribution is -0.139. The van der Waals surface area contributed by atoms with E-state index in [1.165, 1.54) is 0 Å². The molecule has 1 fully saturated rings. The summed E-state index contributed by atoms with van der Waals surface area (Å²) in [5.41, 5.74) is 0. The number of unbranched alkanes of at least 4 members (excludes halogenated alkanes) is 1. The molecule has 0 radical (unpaired) electrons. The van der Waals surface area contributed by atoms with Gasteiger partial charge in [-0.2, -0.15) is 0 Å². The Balaban J connectivity index is 2.34. The van der Waals surface area contributed by atoms with Crippen molar-refractivity contribution in [1.82, 2.24) is 15.5 Å². The van der Waals surface area contributed by atoms with Crippen molar-refractivity contribution in [3.05, 3.63) is 0 Å². The van der Waals surface area contributed by atoms with Crippen LogP contribution in [0.4, 0.5) is 4.79 Å². The Morgan fingerprint density at radius 2 is 2.22 bits per heavy atom. The zero-order valence-electron chi connectivity index (χ0n) is 11.1. The summed E-state index contributed by atoms with van der Waals surface area (Å²) in [7, 11) is 2.00. The normalized spacial score (nSPS) is 21.6. The van der Waals surface area contributed by atoms with Crippen LogP contribution in [0.2, 0.25) is 0 Å². The van der Waals surface area contributed by atoms with Gasteiger partial charge in [-0.1, -0.05) is 19.8 Å². The molecule has 3 N–H and O–H groups in total. The van der Waals surface area contributed by atoms with Crippen molar-refractivity contribution in [2.45, 2.75) is 44.7 Å². The van der Waals surface area contributed by atoms with Gasteiger partial charge in [0.05, 0.1) is 0 Å². The van der Waals surface area contributed by atoms with E-state index < -0.39 is 12.0 Å². The van der Waals surface area contributed by atoms with Crippen molar-refractivity contribution >= 4 is 12.0 Å². The molecule has 1 aliphatic heterocycles. The fourth-order valence-corrected chi connectivity index (χ4v) is 2.10. The van der Waals surface area contributed by atoms with Crippen LogP contribution in [0.5, 0.6) is 0 Å². The molecule has 0 aromatic heterocycles. The molecule has 0 aromatic carbocycles. The van der Waals surface area contributed by atoms with Crippen LogP contribution in [0, 0.1) is 0 Å². The minimum Gasteiger partial charge on any atom is -0.480 e. The van der Waals surface area contributed by atoms with Gasteiger partial charge in [-0.25, -0.2) is 9.59 Å². The van der Waals surface area contributed by atoms with Crippen LogP contribution < -0.4 is 10.6 Å². The van der Waals surface area contributed by atoms with Crippen LogP contribution in [0.15, 0.2) is 0 Å². The van der Waals surface area contributed by atoms with E-state index in [0.717, 1.165) is 32.4 Å². The van der Waals surface area contributed by atoms with Crippen LogP contribution in [-0.2, 0) is 4.79 Å². The number of likely N-dealkylation sites (tertiary alicyclic amines) is 1. The van der Waals surface area contributed by atoms with Crippen molar-refractivity contribution in [1.29, 1.82) is 0 Å².